The Labute approximate surface area is 74.6 Å². The van der Waals surface area contributed by atoms with Gasteiger partial charge in [-0.15, -0.1) is 0 Å². The van der Waals surface area contributed by atoms with Gasteiger partial charge in [-0.25, -0.2) is 9.55 Å². The molecule has 0 amide bonds. The lowest BCUT2D eigenvalue weighted by atomic mass is 10.2. The number of H-pyrrole nitrogens is 1. The van der Waals surface area contributed by atoms with Crippen molar-refractivity contribution in [3.8, 4) is 0 Å². The van der Waals surface area contributed by atoms with Gasteiger partial charge >= 0.3 is 0 Å². The lowest BCUT2D eigenvalue weighted by Crippen LogP contribution is -2.39. The van der Waals surface area contributed by atoms with Gasteiger partial charge in [0.05, 0.1) is 6.04 Å². The summed E-state index contributed by atoms with van der Waals surface area (Å²) in [7, 11) is 0. The first kappa shape index (κ1) is 9.30. The molecule has 1 aromatic heterocycles. The second-order valence-corrected chi connectivity index (χ2v) is 3.32. The Hall–Kier alpha value is -0.790. The van der Waals surface area contributed by atoms with Gasteiger partial charge in [-0.3, -0.25) is 0 Å². The molecule has 12 heavy (non-hydrogen) atoms. The van der Waals surface area contributed by atoms with E-state index in [2.05, 4.69) is 36.5 Å². The van der Waals surface area contributed by atoms with Crippen molar-refractivity contribution in [2.45, 2.75) is 46.1 Å². The molecule has 0 spiro atoms. The predicted octanol–water partition coefficient (Wildman–Crippen LogP) is 2.23. The molecule has 68 valence electrons. The van der Waals surface area contributed by atoms with Gasteiger partial charge in [-0.05, 0) is 19.8 Å². The average Bonchev–Trinajstić information content (AvgIpc) is 2.52. The third-order valence-electron chi connectivity index (χ3n) is 2.35. The first-order valence-electron chi connectivity index (χ1n) is 4.87. The maximum atomic E-state index is 3.28. The van der Waals surface area contributed by atoms with E-state index in [1.807, 2.05) is 6.20 Å². The number of aromatic amines is 1. The number of nitrogens with one attached hydrogen (secondary N) is 1. The molecular weight excluding hydrogens is 148 g/mol. The normalized spacial score (nSPS) is 13.2. The van der Waals surface area contributed by atoms with E-state index in [4.69, 9.17) is 0 Å². The molecule has 0 fully saturated rings. The van der Waals surface area contributed by atoms with E-state index < -0.39 is 0 Å². The van der Waals surface area contributed by atoms with Crippen molar-refractivity contribution in [2.75, 3.05) is 0 Å². The van der Waals surface area contributed by atoms with Crippen molar-refractivity contribution in [2.24, 2.45) is 0 Å². The number of aromatic nitrogens is 2. The molecule has 1 aromatic rings. The molecule has 0 radical (unpaired) electrons. The van der Waals surface area contributed by atoms with Crippen LogP contribution in [0.3, 0.4) is 0 Å². The number of hydrogen-bond donors (Lipinski definition) is 1. The highest BCUT2D eigenvalue weighted by molar-refractivity contribution is 4.77. The molecule has 0 aliphatic carbocycles. The van der Waals surface area contributed by atoms with Gasteiger partial charge in [0.2, 0.25) is 0 Å². The zero-order valence-corrected chi connectivity index (χ0v) is 8.30. The minimum Gasteiger partial charge on any atom is -0.248 e. The van der Waals surface area contributed by atoms with Crippen LogP contribution in [0.2, 0.25) is 0 Å². The van der Waals surface area contributed by atoms with E-state index in [1.165, 1.54) is 18.7 Å². The molecule has 1 heterocycles. The molecule has 0 aromatic carbocycles. The fourth-order valence-electron chi connectivity index (χ4n) is 1.43. The van der Waals surface area contributed by atoms with Crippen molar-refractivity contribution < 1.29 is 4.57 Å². The van der Waals surface area contributed by atoms with Crippen LogP contribution in [0, 0.1) is 0 Å². The molecule has 0 bridgehead atoms. The van der Waals surface area contributed by atoms with E-state index in [9.17, 15) is 0 Å². The Balaban J connectivity index is 2.76. The second kappa shape index (κ2) is 4.29. The number of imidazole rings is 1. The maximum Gasteiger partial charge on any atom is 0.254 e. The third kappa shape index (κ3) is 1.87. The summed E-state index contributed by atoms with van der Waals surface area (Å²) in [5.41, 5.74) is 0. The lowest BCUT2D eigenvalue weighted by molar-refractivity contribution is -0.725. The van der Waals surface area contributed by atoms with Crippen molar-refractivity contribution in [3.63, 3.8) is 0 Å². The van der Waals surface area contributed by atoms with Gasteiger partial charge in [0, 0.05) is 6.42 Å². The summed E-state index contributed by atoms with van der Waals surface area (Å²) in [6.07, 6.45) is 7.71. The van der Waals surface area contributed by atoms with E-state index in [0.717, 1.165) is 6.42 Å². The Morgan fingerprint density at radius 3 is 2.83 bits per heavy atom. The van der Waals surface area contributed by atoms with Crippen molar-refractivity contribution in [3.05, 3.63) is 18.2 Å². The molecule has 2 nitrogen and oxygen atoms in total. The minimum atomic E-state index is 0.623. The Kier molecular flexibility index (Phi) is 3.32. The van der Waals surface area contributed by atoms with Crippen LogP contribution >= 0.6 is 0 Å². The van der Waals surface area contributed by atoms with E-state index >= 15 is 0 Å². The molecule has 0 aliphatic rings. The number of rotatable bonds is 4. The minimum absolute atomic E-state index is 0.623. The first-order chi connectivity index (χ1) is 5.79. The highest BCUT2D eigenvalue weighted by atomic mass is 15.1. The summed E-state index contributed by atoms with van der Waals surface area (Å²) in [6.45, 7) is 6.69. The van der Waals surface area contributed by atoms with Crippen molar-refractivity contribution in [1.82, 2.24) is 4.98 Å². The molecule has 1 rings (SSSR count). The largest absolute Gasteiger partial charge is 0.254 e. The summed E-state index contributed by atoms with van der Waals surface area (Å²) >= 11 is 0. The maximum absolute atomic E-state index is 3.28. The fourth-order valence-corrected chi connectivity index (χ4v) is 1.43. The summed E-state index contributed by atoms with van der Waals surface area (Å²) in [6, 6.07) is 0.623. The third-order valence-corrected chi connectivity index (χ3v) is 2.35. The molecule has 0 aliphatic heterocycles. The molecule has 1 unspecified atom stereocenters. The standard InChI is InChI=1S/C10H18N2/c1-4-6-10-11-7-8-12(10)9(3)5-2/h7-9H,4-6H2,1-3H3/p+1. The number of hydrogen-bond acceptors (Lipinski definition) is 0. The van der Waals surface area contributed by atoms with Gasteiger partial charge in [-0.1, -0.05) is 13.8 Å². The molecule has 0 saturated carbocycles. The Bertz CT molecular complexity index is 227. The topological polar surface area (TPSA) is 19.7 Å². The van der Waals surface area contributed by atoms with E-state index in [-0.39, 0.29) is 0 Å². The number of nitrogens with zero attached hydrogens (tertiary/aromatic N) is 1. The van der Waals surface area contributed by atoms with Crippen molar-refractivity contribution in [1.29, 1.82) is 0 Å². The molecule has 0 saturated heterocycles. The smallest absolute Gasteiger partial charge is 0.248 e. The van der Waals surface area contributed by atoms with Gasteiger partial charge in [-0.2, -0.15) is 0 Å². The van der Waals surface area contributed by atoms with Crippen molar-refractivity contribution >= 4 is 0 Å². The summed E-state index contributed by atoms with van der Waals surface area (Å²) in [5.74, 6) is 1.35. The van der Waals surface area contributed by atoms with E-state index in [0.29, 0.717) is 6.04 Å². The highest BCUT2D eigenvalue weighted by Crippen LogP contribution is 2.02. The molecule has 1 atom stereocenters. The predicted molar refractivity (Wildman–Crippen MR) is 50.0 cm³/mol. The SMILES string of the molecule is CCCc1[nH]cc[n+]1C(C)CC. The highest BCUT2D eigenvalue weighted by Gasteiger charge is 2.13. The fraction of sp³-hybridized carbons (Fsp3) is 0.700. The van der Waals surface area contributed by atoms with Gasteiger partial charge in [0.25, 0.3) is 5.82 Å². The van der Waals surface area contributed by atoms with Crippen LogP contribution < -0.4 is 4.57 Å². The van der Waals surface area contributed by atoms with E-state index in [1.54, 1.807) is 0 Å². The summed E-state index contributed by atoms with van der Waals surface area (Å²) < 4.78 is 2.34. The molecule has 1 N–H and O–H groups in total. The molecule has 2 heteroatoms. The monoisotopic (exact) mass is 167 g/mol. The summed E-state index contributed by atoms with van der Waals surface area (Å²) in [5, 5.41) is 0. The molecular formula is C10H19N2+. The van der Waals surface area contributed by atoms with Crippen LogP contribution in [-0.2, 0) is 6.42 Å². The van der Waals surface area contributed by atoms with Crippen LogP contribution in [0.4, 0.5) is 0 Å². The lowest BCUT2D eigenvalue weighted by Gasteiger charge is -2.06. The van der Waals surface area contributed by atoms with Crippen LogP contribution in [0.1, 0.15) is 45.5 Å². The van der Waals surface area contributed by atoms with Crippen LogP contribution in [0.25, 0.3) is 0 Å². The van der Waals surface area contributed by atoms with Crippen LogP contribution in [-0.4, -0.2) is 4.98 Å². The zero-order chi connectivity index (χ0) is 8.97. The number of aryl methyl sites for hydroxylation is 1. The van der Waals surface area contributed by atoms with Gasteiger partial charge in [0.1, 0.15) is 12.4 Å². The Morgan fingerprint density at radius 2 is 2.25 bits per heavy atom. The zero-order valence-electron chi connectivity index (χ0n) is 8.30. The Morgan fingerprint density at radius 1 is 1.50 bits per heavy atom. The van der Waals surface area contributed by atoms with Crippen LogP contribution in [0.15, 0.2) is 12.4 Å². The van der Waals surface area contributed by atoms with Crippen LogP contribution in [0.5, 0.6) is 0 Å². The summed E-state index contributed by atoms with van der Waals surface area (Å²) in [4.78, 5) is 3.28. The van der Waals surface area contributed by atoms with Gasteiger partial charge < -0.3 is 0 Å². The quantitative estimate of drug-likeness (QED) is 0.663. The first-order valence-corrected chi connectivity index (χ1v) is 4.87. The van der Waals surface area contributed by atoms with Gasteiger partial charge in [0.15, 0.2) is 0 Å². The average molecular weight is 167 g/mol. The second-order valence-electron chi connectivity index (χ2n) is 3.32.